The van der Waals surface area contributed by atoms with Gasteiger partial charge in [-0.15, -0.1) is 0 Å². The number of carbonyl (C=O) groups excluding carboxylic acids is 3. The van der Waals surface area contributed by atoms with Gasteiger partial charge >= 0.3 is 12.1 Å². The SMILES string of the molecule is COc1ccc(COC(/C=C\C[C@H](C)O[Si](c2ccccc2)(c2ccccc2)C(C)(C)C)[C@H]2OC(C)(C)O[C@H]2C/C=C/c2cc(C)cc(C)c2C(=O)OCC[Si](C)(C)C)cc1.O=C=O. The lowest BCUT2D eigenvalue weighted by Crippen LogP contribution is -2.67. The van der Waals surface area contributed by atoms with Crippen molar-refractivity contribution in [3.8, 4) is 5.75 Å². The van der Waals surface area contributed by atoms with Crippen molar-refractivity contribution in [2.24, 2.45) is 0 Å². The summed E-state index contributed by atoms with van der Waals surface area (Å²) in [6.07, 6.45) is 8.64. The third kappa shape index (κ3) is 14.7. The highest BCUT2D eigenvalue weighted by atomic mass is 28.4. The largest absolute Gasteiger partial charge is 0.497 e. The number of ether oxygens (including phenoxy) is 5. The summed E-state index contributed by atoms with van der Waals surface area (Å²) in [4.78, 5) is 29.7. The zero-order chi connectivity index (χ0) is 47.1. The molecule has 0 aromatic heterocycles. The van der Waals surface area contributed by atoms with Crippen molar-refractivity contribution in [1.29, 1.82) is 0 Å². The van der Waals surface area contributed by atoms with Crippen LogP contribution in [0.5, 0.6) is 5.75 Å². The Morgan fingerprint density at radius 3 is 2.02 bits per heavy atom. The Labute approximate surface area is 384 Å². The Balaban J connectivity index is 0.00000291. The Morgan fingerprint density at radius 1 is 0.875 bits per heavy atom. The molecule has 64 heavy (non-hydrogen) atoms. The molecule has 0 saturated carbocycles. The summed E-state index contributed by atoms with van der Waals surface area (Å²) in [5, 5.41) is 2.38. The van der Waals surface area contributed by atoms with Gasteiger partial charge in [0.25, 0.3) is 8.32 Å². The maximum Gasteiger partial charge on any atom is 0.373 e. The molecular weight excluding hydrogens is 837 g/mol. The van der Waals surface area contributed by atoms with Gasteiger partial charge < -0.3 is 28.1 Å². The normalized spacial score (nSPS) is 17.4. The Morgan fingerprint density at radius 2 is 1.47 bits per heavy atom. The minimum Gasteiger partial charge on any atom is -0.497 e. The van der Waals surface area contributed by atoms with E-state index in [0.29, 0.717) is 31.6 Å². The Bertz CT molecular complexity index is 2130. The van der Waals surface area contributed by atoms with Crippen LogP contribution in [0.25, 0.3) is 6.08 Å². The molecule has 1 fully saturated rings. The smallest absolute Gasteiger partial charge is 0.373 e. The predicted molar refractivity (Wildman–Crippen MR) is 260 cm³/mol. The second-order valence-electron chi connectivity index (χ2n) is 19.2. The van der Waals surface area contributed by atoms with Crippen molar-refractivity contribution in [2.45, 2.75) is 136 Å². The third-order valence-electron chi connectivity index (χ3n) is 11.2. The molecule has 5 rings (SSSR count). The molecule has 9 nitrogen and oxygen atoms in total. The Kier molecular flexibility index (Phi) is 19.0. The second-order valence-corrected chi connectivity index (χ2v) is 29.1. The number of benzene rings is 4. The molecule has 1 heterocycles. The van der Waals surface area contributed by atoms with Gasteiger partial charge in [0.15, 0.2) is 5.79 Å². The molecular formula is C53H70O9Si2. The molecule has 0 amide bonds. The van der Waals surface area contributed by atoms with Crippen molar-refractivity contribution < 1.29 is 42.5 Å². The first-order chi connectivity index (χ1) is 30.2. The van der Waals surface area contributed by atoms with Gasteiger partial charge in [-0.2, -0.15) is 9.59 Å². The highest BCUT2D eigenvalue weighted by Crippen LogP contribution is 2.38. The van der Waals surface area contributed by atoms with E-state index in [2.05, 4.69) is 133 Å². The molecule has 11 heteroatoms. The molecule has 0 N–H and O–H groups in total. The fourth-order valence-electron chi connectivity index (χ4n) is 8.21. The molecule has 344 valence electrons. The maximum absolute atomic E-state index is 13.4. The number of hydrogen-bond donors (Lipinski definition) is 0. The molecule has 4 aromatic rings. The van der Waals surface area contributed by atoms with Crippen molar-refractivity contribution in [3.63, 3.8) is 0 Å². The van der Waals surface area contributed by atoms with Crippen molar-refractivity contribution >= 4 is 45.0 Å². The average Bonchev–Trinajstić information content (AvgIpc) is 3.54. The average molecular weight is 907 g/mol. The van der Waals surface area contributed by atoms with E-state index in [-0.39, 0.29) is 29.4 Å². The fourth-order valence-corrected chi connectivity index (χ4v) is 13.6. The lowest BCUT2D eigenvalue weighted by molar-refractivity contribution is -0.191. The highest BCUT2D eigenvalue weighted by Gasteiger charge is 2.51. The van der Waals surface area contributed by atoms with Crippen LogP contribution >= 0.6 is 0 Å². The van der Waals surface area contributed by atoms with Crippen molar-refractivity contribution in [3.05, 3.63) is 143 Å². The molecule has 0 spiro atoms. The number of hydrogen-bond acceptors (Lipinski definition) is 9. The van der Waals surface area contributed by atoms with Crippen LogP contribution in [-0.2, 0) is 39.6 Å². The van der Waals surface area contributed by atoms with Crippen molar-refractivity contribution in [2.75, 3.05) is 13.7 Å². The van der Waals surface area contributed by atoms with Crippen LogP contribution in [0.15, 0.2) is 115 Å². The van der Waals surface area contributed by atoms with Crippen LogP contribution in [0.2, 0.25) is 30.7 Å². The molecule has 1 aliphatic rings. The third-order valence-corrected chi connectivity index (χ3v) is 18.1. The van der Waals surface area contributed by atoms with Crippen LogP contribution in [0.1, 0.15) is 87.0 Å². The lowest BCUT2D eigenvalue weighted by Gasteiger charge is -2.44. The van der Waals surface area contributed by atoms with E-state index in [1.807, 2.05) is 63.2 Å². The van der Waals surface area contributed by atoms with E-state index in [9.17, 15) is 4.79 Å². The summed E-state index contributed by atoms with van der Waals surface area (Å²) in [6, 6.07) is 34.5. The zero-order valence-corrected chi connectivity index (χ0v) is 42.1. The first-order valence-electron chi connectivity index (χ1n) is 22.2. The van der Waals surface area contributed by atoms with Crippen LogP contribution in [-0.4, -0.2) is 72.4 Å². The highest BCUT2D eigenvalue weighted by molar-refractivity contribution is 6.99. The fraction of sp³-hybridized carbons (Fsp3) is 0.434. The van der Waals surface area contributed by atoms with E-state index in [1.54, 1.807) is 7.11 Å². The molecule has 1 unspecified atom stereocenters. The minimum atomic E-state index is -2.74. The van der Waals surface area contributed by atoms with Gasteiger partial charge in [-0.25, -0.2) is 4.79 Å². The summed E-state index contributed by atoms with van der Waals surface area (Å²) in [6.45, 7) is 24.7. The first kappa shape index (κ1) is 51.9. The first-order valence-corrected chi connectivity index (χ1v) is 27.8. The molecule has 4 aromatic carbocycles. The van der Waals surface area contributed by atoms with Gasteiger partial charge in [0.05, 0.1) is 32.0 Å². The molecule has 1 saturated heterocycles. The van der Waals surface area contributed by atoms with Gasteiger partial charge in [-0.1, -0.05) is 155 Å². The Hall–Kier alpha value is -4.72. The molecule has 1 aliphatic heterocycles. The van der Waals surface area contributed by atoms with Gasteiger partial charge in [0.1, 0.15) is 18.0 Å². The van der Waals surface area contributed by atoms with Gasteiger partial charge in [-0.3, -0.25) is 0 Å². The summed E-state index contributed by atoms with van der Waals surface area (Å²) in [5.41, 5.74) is 4.46. The van der Waals surface area contributed by atoms with Gasteiger partial charge in [0, 0.05) is 14.2 Å². The molecule has 0 aliphatic carbocycles. The summed E-state index contributed by atoms with van der Waals surface area (Å²) in [5.74, 6) is -0.313. The standard InChI is InChI=1S/C52H70O7Si2.CO2/c1-38-35-39(2)48(50(53)55-33-34-60(10,11)12)42(36-38)22-20-28-47-49(58-52(7,8)57-47)46(56-37-41-29-31-43(54-9)32-30-41)27-19-21-40(3)59-61(51(4,5)6,44-23-15-13-16-24-44)45-25-17-14-18-26-45;2-1-3/h13-20,22-27,29-32,35-36,40,46-47,49H,21,28,33-34,37H2,1-12H3;/b22-20+,27-19-;/t40-,46?,47-,49+;/m0./s1. The topological polar surface area (TPSA) is 107 Å². The van der Waals surface area contributed by atoms with Gasteiger partial charge in [-0.05, 0) is 97.7 Å². The van der Waals surface area contributed by atoms with Crippen LogP contribution in [0.4, 0.5) is 0 Å². The van der Waals surface area contributed by atoms with Crippen LogP contribution in [0.3, 0.4) is 0 Å². The van der Waals surface area contributed by atoms with Gasteiger partial charge in [0.2, 0.25) is 0 Å². The van der Waals surface area contributed by atoms with E-state index in [0.717, 1.165) is 34.0 Å². The second kappa shape index (κ2) is 23.5. The van der Waals surface area contributed by atoms with Crippen LogP contribution in [0, 0.1) is 13.8 Å². The number of carbonyl (C=O) groups is 1. The minimum absolute atomic E-state index is 0.0880. The molecule has 0 radical (unpaired) electrons. The predicted octanol–water partition coefficient (Wildman–Crippen LogP) is 10.6. The van der Waals surface area contributed by atoms with E-state index < -0.39 is 34.4 Å². The monoisotopic (exact) mass is 906 g/mol. The summed E-state index contributed by atoms with van der Waals surface area (Å²) < 4.78 is 38.6. The zero-order valence-electron chi connectivity index (χ0n) is 40.1. The summed E-state index contributed by atoms with van der Waals surface area (Å²) >= 11 is 0. The lowest BCUT2D eigenvalue weighted by atomic mass is 9.97. The van der Waals surface area contributed by atoms with E-state index in [1.165, 1.54) is 10.4 Å². The maximum atomic E-state index is 13.4. The van der Waals surface area contributed by atoms with Crippen molar-refractivity contribution in [1.82, 2.24) is 0 Å². The van der Waals surface area contributed by atoms with Crippen LogP contribution < -0.4 is 15.1 Å². The molecule has 4 atom stereocenters. The number of methoxy groups -OCH3 is 1. The van der Waals surface area contributed by atoms with E-state index >= 15 is 0 Å². The quantitative estimate of drug-likeness (QED) is 0.0516. The number of esters is 1. The summed E-state index contributed by atoms with van der Waals surface area (Å²) in [7, 11) is -2.43. The van der Waals surface area contributed by atoms with E-state index in [4.69, 9.17) is 37.7 Å². The molecule has 0 bridgehead atoms. The number of aryl methyl sites for hydroxylation is 2. The number of rotatable bonds is 19.